The minimum Gasteiger partial charge on any atom is -0.496 e. The maximum Gasteiger partial charge on any atom is 0.127 e. The summed E-state index contributed by atoms with van der Waals surface area (Å²) < 4.78 is 5.49. The molecule has 1 aromatic carbocycles. The van der Waals surface area contributed by atoms with Gasteiger partial charge in [-0.3, -0.25) is 0 Å². The van der Waals surface area contributed by atoms with Gasteiger partial charge in [-0.15, -0.1) is 0 Å². The third kappa shape index (κ3) is 2.36. The van der Waals surface area contributed by atoms with Crippen LogP contribution in [0.5, 0.6) is 5.75 Å². The van der Waals surface area contributed by atoms with Crippen LogP contribution in [0.2, 0.25) is 0 Å². The lowest BCUT2D eigenvalue weighted by Crippen LogP contribution is -2.14. The molecule has 86 valence electrons. The average Bonchev–Trinajstić information content (AvgIpc) is 2.19. The monoisotopic (exact) mass is 217 g/mol. The highest BCUT2D eigenvalue weighted by Gasteiger charge is 2.21. The molecule has 0 aromatic heterocycles. The molecular weight excluding hydrogens is 198 g/mol. The highest BCUT2D eigenvalue weighted by atomic mass is 16.5. The predicted molar refractivity (Wildman–Crippen MR) is 65.7 cm³/mol. The number of nitrogens with zero attached hydrogens (tertiary/aromatic N) is 1. The number of hydrogen-bond donors (Lipinski definition) is 0. The Bertz CT molecular complexity index is 422. The molecule has 0 saturated carbocycles. The Morgan fingerprint density at radius 3 is 2.38 bits per heavy atom. The Kier molecular flexibility index (Phi) is 3.59. The molecule has 0 aliphatic rings. The van der Waals surface area contributed by atoms with Gasteiger partial charge in [-0.1, -0.05) is 32.9 Å². The number of rotatable bonds is 2. The Balaban J connectivity index is 3.44. The summed E-state index contributed by atoms with van der Waals surface area (Å²) in [5.74, 6) is 0.869. The molecule has 0 atom stereocenters. The van der Waals surface area contributed by atoms with Gasteiger partial charge in [0.2, 0.25) is 0 Å². The Morgan fingerprint density at radius 1 is 1.31 bits per heavy atom. The van der Waals surface area contributed by atoms with Crippen molar-refractivity contribution in [3.05, 3.63) is 28.8 Å². The van der Waals surface area contributed by atoms with Gasteiger partial charge in [0.05, 0.1) is 19.6 Å². The first kappa shape index (κ1) is 12.6. The van der Waals surface area contributed by atoms with E-state index in [0.29, 0.717) is 6.42 Å². The second-order valence-corrected chi connectivity index (χ2v) is 5.03. The van der Waals surface area contributed by atoms with Crippen molar-refractivity contribution < 1.29 is 4.74 Å². The van der Waals surface area contributed by atoms with E-state index in [1.165, 1.54) is 0 Å². The molecule has 0 N–H and O–H groups in total. The zero-order valence-electron chi connectivity index (χ0n) is 10.7. The van der Waals surface area contributed by atoms with E-state index in [2.05, 4.69) is 39.0 Å². The summed E-state index contributed by atoms with van der Waals surface area (Å²) in [5.41, 5.74) is 3.32. The summed E-state index contributed by atoms with van der Waals surface area (Å²) in [6.07, 6.45) is 0.402. The second kappa shape index (κ2) is 4.57. The van der Waals surface area contributed by atoms with Gasteiger partial charge in [-0.2, -0.15) is 5.26 Å². The summed E-state index contributed by atoms with van der Waals surface area (Å²) in [7, 11) is 1.67. The molecule has 0 spiro atoms. The summed E-state index contributed by atoms with van der Waals surface area (Å²) >= 11 is 0. The van der Waals surface area contributed by atoms with Crippen molar-refractivity contribution in [1.29, 1.82) is 5.26 Å². The van der Waals surface area contributed by atoms with Gasteiger partial charge < -0.3 is 4.74 Å². The van der Waals surface area contributed by atoms with E-state index in [1.54, 1.807) is 7.11 Å². The van der Waals surface area contributed by atoms with Crippen LogP contribution in [-0.4, -0.2) is 7.11 Å². The first-order valence-corrected chi connectivity index (χ1v) is 5.45. The van der Waals surface area contributed by atoms with E-state index in [0.717, 1.165) is 22.4 Å². The van der Waals surface area contributed by atoms with Gasteiger partial charge in [0.15, 0.2) is 0 Å². The Hall–Kier alpha value is -1.49. The van der Waals surface area contributed by atoms with E-state index < -0.39 is 0 Å². The van der Waals surface area contributed by atoms with Gasteiger partial charge in [0.25, 0.3) is 0 Å². The second-order valence-electron chi connectivity index (χ2n) is 5.03. The molecule has 0 aliphatic heterocycles. The van der Waals surface area contributed by atoms with Crippen LogP contribution in [-0.2, 0) is 11.8 Å². The molecule has 0 unspecified atom stereocenters. The number of aryl methyl sites for hydroxylation is 1. The first-order valence-electron chi connectivity index (χ1n) is 5.45. The molecule has 0 amide bonds. The molecule has 0 heterocycles. The molecular formula is C14H19NO. The summed E-state index contributed by atoms with van der Waals surface area (Å²) in [4.78, 5) is 0. The van der Waals surface area contributed by atoms with Crippen LogP contribution in [0.25, 0.3) is 0 Å². The molecule has 16 heavy (non-hydrogen) atoms. The van der Waals surface area contributed by atoms with Gasteiger partial charge in [0, 0.05) is 5.56 Å². The molecule has 2 heteroatoms. The highest BCUT2D eigenvalue weighted by Crippen LogP contribution is 2.35. The summed E-state index contributed by atoms with van der Waals surface area (Å²) in [6.45, 7) is 8.46. The number of nitriles is 1. The van der Waals surface area contributed by atoms with Crippen molar-refractivity contribution >= 4 is 0 Å². The Labute approximate surface area is 97.9 Å². The third-order valence-electron chi connectivity index (χ3n) is 2.76. The first-order chi connectivity index (χ1) is 7.41. The number of hydrogen-bond acceptors (Lipinski definition) is 2. The van der Waals surface area contributed by atoms with E-state index >= 15 is 0 Å². The fourth-order valence-corrected chi connectivity index (χ4v) is 1.85. The maximum atomic E-state index is 8.85. The van der Waals surface area contributed by atoms with Gasteiger partial charge >= 0.3 is 0 Å². The zero-order chi connectivity index (χ0) is 12.3. The highest BCUT2D eigenvalue weighted by molar-refractivity contribution is 5.50. The lowest BCUT2D eigenvalue weighted by atomic mass is 9.84. The van der Waals surface area contributed by atoms with Crippen molar-refractivity contribution in [2.75, 3.05) is 7.11 Å². The van der Waals surface area contributed by atoms with Gasteiger partial charge in [-0.05, 0) is 23.5 Å². The van der Waals surface area contributed by atoms with Crippen LogP contribution in [0.4, 0.5) is 0 Å². The van der Waals surface area contributed by atoms with Gasteiger partial charge in [0.1, 0.15) is 5.75 Å². The van der Waals surface area contributed by atoms with E-state index in [-0.39, 0.29) is 5.41 Å². The van der Waals surface area contributed by atoms with Crippen LogP contribution < -0.4 is 4.74 Å². The largest absolute Gasteiger partial charge is 0.496 e. The van der Waals surface area contributed by atoms with E-state index in [9.17, 15) is 0 Å². The van der Waals surface area contributed by atoms with Crippen LogP contribution >= 0.6 is 0 Å². The smallest absolute Gasteiger partial charge is 0.127 e. The molecule has 0 aliphatic carbocycles. The van der Waals surface area contributed by atoms with Crippen molar-refractivity contribution in [2.24, 2.45) is 0 Å². The minimum absolute atomic E-state index is 0.0310. The van der Waals surface area contributed by atoms with Crippen LogP contribution in [0.1, 0.15) is 37.5 Å². The minimum atomic E-state index is 0.0310. The molecule has 2 nitrogen and oxygen atoms in total. The quantitative estimate of drug-likeness (QED) is 0.761. The molecule has 0 saturated heterocycles. The van der Waals surface area contributed by atoms with E-state index in [1.807, 2.05) is 6.92 Å². The van der Waals surface area contributed by atoms with Crippen molar-refractivity contribution in [1.82, 2.24) is 0 Å². The number of benzene rings is 1. The van der Waals surface area contributed by atoms with Crippen LogP contribution in [0, 0.1) is 18.3 Å². The lowest BCUT2D eigenvalue weighted by molar-refractivity contribution is 0.393. The zero-order valence-corrected chi connectivity index (χ0v) is 10.7. The average molecular weight is 217 g/mol. The normalized spacial score (nSPS) is 11.0. The van der Waals surface area contributed by atoms with Crippen molar-refractivity contribution in [3.63, 3.8) is 0 Å². The molecule has 1 rings (SSSR count). The molecule has 0 radical (unpaired) electrons. The Morgan fingerprint density at radius 2 is 1.94 bits per heavy atom. The molecule has 0 bridgehead atoms. The van der Waals surface area contributed by atoms with Gasteiger partial charge in [-0.25, -0.2) is 0 Å². The fraction of sp³-hybridized carbons (Fsp3) is 0.500. The third-order valence-corrected chi connectivity index (χ3v) is 2.76. The summed E-state index contributed by atoms with van der Waals surface area (Å²) in [5, 5.41) is 8.85. The maximum absolute atomic E-state index is 8.85. The van der Waals surface area contributed by atoms with Crippen LogP contribution in [0.3, 0.4) is 0 Å². The van der Waals surface area contributed by atoms with Crippen molar-refractivity contribution in [2.45, 2.75) is 39.5 Å². The van der Waals surface area contributed by atoms with E-state index in [4.69, 9.17) is 10.00 Å². The topological polar surface area (TPSA) is 33.0 Å². The van der Waals surface area contributed by atoms with Crippen LogP contribution in [0.15, 0.2) is 12.1 Å². The standard InChI is InChI=1S/C14H19NO/c1-10-6-7-12(14(2,3)4)13(16-5)11(10)8-9-15/h6-7H,8H2,1-5H3. The van der Waals surface area contributed by atoms with Crippen molar-refractivity contribution in [3.8, 4) is 11.8 Å². The SMILES string of the molecule is COc1c(C(C)(C)C)ccc(C)c1CC#N. The predicted octanol–water partition coefficient (Wildman–Crippen LogP) is 3.37. The number of methoxy groups -OCH3 is 1. The fourth-order valence-electron chi connectivity index (χ4n) is 1.85. The number of ether oxygens (including phenoxy) is 1. The summed E-state index contributed by atoms with van der Waals surface area (Å²) in [6, 6.07) is 6.36. The molecule has 0 fully saturated rings. The molecule has 1 aromatic rings. The lowest BCUT2D eigenvalue weighted by Gasteiger charge is -2.24.